The molecule has 3 rings (SSSR count). The van der Waals surface area contributed by atoms with Crippen molar-refractivity contribution in [2.24, 2.45) is 0 Å². The van der Waals surface area contributed by atoms with E-state index in [2.05, 4.69) is 19.2 Å². The molecule has 2 aromatic rings. The summed E-state index contributed by atoms with van der Waals surface area (Å²) in [4.78, 5) is 26.7. The standard InChI is InChI=1S/C23H29NO3S/c1-4-27-23(26)20-18-9-7-5-6-8-10-19(18)28-22(20)24-21(25)17-13-11-16(12-14-17)15(2)3/h11-15H,4-10H2,1-3H3,(H,24,25). The zero-order valence-electron chi connectivity index (χ0n) is 17.0. The van der Waals surface area contributed by atoms with Crippen LogP contribution in [0.5, 0.6) is 0 Å². The number of aryl methyl sites for hydroxylation is 1. The van der Waals surface area contributed by atoms with Crippen LogP contribution in [0, 0.1) is 0 Å². The van der Waals surface area contributed by atoms with Crippen molar-refractivity contribution in [2.45, 2.75) is 65.2 Å². The first kappa shape index (κ1) is 20.6. The quantitative estimate of drug-likeness (QED) is 0.631. The smallest absolute Gasteiger partial charge is 0.341 e. The number of hydrogen-bond donors (Lipinski definition) is 1. The summed E-state index contributed by atoms with van der Waals surface area (Å²) in [6.07, 6.45) is 6.43. The second kappa shape index (κ2) is 9.37. The summed E-state index contributed by atoms with van der Waals surface area (Å²) in [5.74, 6) is -0.0921. The van der Waals surface area contributed by atoms with Gasteiger partial charge in [-0.2, -0.15) is 0 Å². The minimum absolute atomic E-state index is 0.185. The lowest BCUT2D eigenvalue weighted by molar-refractivity contribution is 0.0526. The summed E-state index contributed by atoms with van der Waals surface area (Å²) in [7, 11) is 0. The summed E-state index contributed by atoms with van der Waals surface area (Å²) < 4.78 is 5.31. The van der Waals surface area contributed by atoms with Gasteiger partial charge in [-0.25, -0.2) is 4.79 Å². The maximum Gasteiger partial charge on any atom is 0.341 e. The van der Waals surface area contributed by atoms with Crippen LogP contribution in [0.15, 0.2) is 24.3 Å². The summed E-state index contributed by atoms with van der Waals surface area (Å²) in [5.41, 5.74) is 3.44. The van der Waals surface area contributed by atoms with E-state index < -0.39 is 0 Å². The average molecular weight is 400 g/mol. The van der Waals surface area contributed by atoms with Gasteiger partial charge >= 0.3 is 5.97 Å². The topological polar surface area (TPSA) is 55.4 Å². The molecule has 1 N–H and O–H groups in total. The van der Waals surface area contributed by atoms with E-state index in [1.54, 1.807) is 0 Å². The van der Waals surface area contributed by atoms with Crippen molar-refractivity contribution in [3.8, 4) is 0 Å². The Morgan fingerprint density at radius 3 is 2.39 bits per heavy atom. The van der Waals surface area contributed by atoms with Crippen molar-refractivity contribution < 1.29 is 14.3 Å². The van der Waals surface area contributed by atoms with Gasteiger partial charge in [0.2, 0.25) is 0 Å². The van der Waals surface area contributed by atoms with Crippen molar-refractivity contribution in [1.82, 2.24) is 0 Å². The number of fused-ring (bicyclic) bond motifs is 1. The molecule has 1 aromatic carbocycles. The molecule has 0 radical (unpaired) electrons. The normalized spacial score (nSPS) is 14.1. The van der Waals surface area contributed by atoms with Crippen LogP contribution in [0.3, 0.4) is 0 Å². The van der Waals surface area contributed by atoms with Gasteiger partial charge < -0.3 is 10.1 Å². The van der Waals surface area contributed by atoms with Crippen molar-refractivity contribution in [1.29, 1.82) is 0 Å². The van der Waals surface area contributed by atoms with Gasteiger partial charge in [-0.1, -0.05) is 38.8 Å². The summed E-state index contributed by atoms with van der Waals surface area (Å²) in [6, 6.07) is 7.66. The molecule has 0 aliphatic heterocycles. The third kappa shape index (κ3) is 4.64. The third-order valence-corrected chi connectivity index (χ3v) is 6.42. The zero-order valence-corrected chi connectivity index (χ0v) is 17.8. The van der Waals surface area contributed by atoms with E-state index in [0.29, 0.717) is 28.7 Å². The molecule has 1 amide bonds. The first-order valence-corrected chi connectivity index (χ1v) is 11.1. The predicted molar refractivity (Wildman–Crippen MR) is 115 cm³/mol. The molecule has 0 spiro atoms. The van der Waals surface area contributed by atoms with Crippen LogP contribution < -0.4 is 5.32 Å². The minimum atomic E-state index is -0.328. The Bertz CT molecular complexity index is 836. The number of hydrogen-bond acceptors (Lipinski definition) is 4. The Hall–Kier alpha value is -2.14. The van der Waals surface area contributed by atoms with Gasteiger partial charge in [0.1, 0.15) is 5.00 Å². The monoisotopic (exact) mass is 399 g/mol. The van der Waals surface area contributed by atoms with Crippen LogP contribution in [0.25, 0.3) is 0 Å². The molecule has 0 atom stereocenters. The van der Waals surface area contributed by atoms with Crippen molar-refractivity contribution in [3.63, 3.8) is 0 Å². The number of esters is 1. The van der Waals surface area contributed by atoms with Crippen LogP contribution in [-0.2, 0) is 17.6 Å². The first-order chi connectivity index (χ1) is 13.5. The Labute approximate surface area is 171 Å². The molecule has 1 aliphatic rings. The summed E-state index contributed by atoms with van der Waals surface area (Å²) in [5, 5.41) is 3.62. The number of rotatable bonds is 5. The predicted octanol–water partition coefficient (Wildman–Crippen LogP) is 5.96. The van der Waals surface area contributed by atoms with E-state index in [1.165, 1.54) is 34.6 Å². The van der Waals surface area contributed by atoms with E-state index >= 15 is 0 Å². The molecule has 0 fully saturated rings. The number of carbonyl (C=O) groups is 2. The molecule has 1 aromatic heterocycles. The third-order valence-electron chi connectivity index (χ3n) is 5.22. The van der Waals surface area contributed by atoms with Gasteiger partial charge in [-0.05, 0) is 61.8 Å². The van der Waals surface area contributed by atoms with E-state index in [-0.39, 0.29) is 11.9 Å². The van der Waals surface area contributed by atoms with E-state index in [0.717, 1.165) is 31.2 Å². The molecule has 150 valence electrons. The van der Waals surface area contributed by atoms with Gasteiger partial charge in [0.05, 0.1) is 12.2 Å². The average Bonchev–Trinajstić information content (AvgIpc) is 2.98. The highest BCUT2D eigenvalue weighted by Crippen LogP contribution is 2.37. The van der Waals surface area contributed by atoms with Crippen molar-refractivity contribution in [2.75, 3.05) is 11.9 Å². The molecular formula is C23H29NO3S. The lowest BCUT2D eigenvalue weighted by atomic mass is 9.96. The number of carbonyl (C=O) groups excluding carboxylic acids is 2. The number of thiophene rings is 1. The lowest BCUT2D eigenvalue weighted by Gasteiger charge is -2.11. The van der Waals surface area contributed by atoms with E-state index in [9.17, 15) is 9.59 Å². The molecule has 0 saturated heterocycles. The van der Waals surface area contributed by atoms with Gasteiger partial charge in [0, 0.05) is 10.4 Å². The SMILES string of the molecule is CCOC(=O)c1c(NC(=O)c2ccc(C(C)C)cc2)sc2c1CCCCCC2. The molecule has 4 nitrogen and oxygen atoms in total. The van der Waals surface area contributed by atoms with Crippen molar-refractivity contribution in [3.05, 3.63) is 51.4 Å². The van der Waals surface area contributed by atoms with Crippen LogP contribution in [0.1, 0.15) is 89.1 Å². The Morgan fingerprint density at radius 2 is 1.75 bits per heavy atom. The maximum atomic E-state index is 12.8. The maximum absolute atomic E-state index is 12.8. The Balaban J connectivity index is 1.90. The zero-order chi connectivity index (χ0) is 20.1. The lowest BCUT2D eigenvalue weighted by Crippen LogP contribution is -2.15. The van der Waals surface area contributed by atoms with Crippen LogP contribution in [0.2, 0.25) is 0 Å². The molecule has 0 saturated carbocycles. The number of ether oxygens (including phenoxy) is 1. The van der Waals surface area contributed by atoms with Gasteiger partial charge in [-0.15, -0.1) is 11.3 Å². The highest BCUT2D eigenvalue weighted by molar-refractivity contribution is 7.17. The second-order valence-corrected chi connectivity index (χ2v) is 8.68. The fourth-order valence-electron chi connectivity index (χ4n) is 3.62. The molecule has 1 aliphatic carbocycles. The van der Waals surface area contributed by atoms with E-state index in [1.807, 2.05) is 31.2 Å². The Morgan fingerprint density at radius 1 is 1.07 bits per heavy atom. The number of benzene rings is 1. The molecule has 28 heavy (non-hydrogen) atoms. The van der Waals surface area contributed by atoms with E-state index in [4.69, 9.17) is 4.74 Å². The van der Waals surface area contributed by atoms with Crippen LogP contribution in [0.4, 0.5) is 5.00 Å². The summed E-state index contributed by atoms with van der Waals surface area (Å²) >= 11 is 1.54. The largest absolute Gasteiger partial charge is 0.462 e. The van der Waals surface area contributed by atoms with Crippen molar-refractivity contribution >= 4 is 28.2 Å². The number of anilines is 1. The summed E-state index contributed by atoms with van der Waals surface area (Å²) in [6.45, 7) is 6.39. The Kier molecular flexibility index (Phi) is 6.89. The number of amides is 1. The van der Waals surface area contributed by atoms with Crippen LogP contribution >= 0.6 is 11.3 Å². The molecule has 5 heteroatoms. The molecular weight excluding hydrogens is 370 g/mol. The molecule has 1 heterocycles. The number of nitrogens with one attached hydrogen (secondary N) is 1. The highest BCUT2D eigenvalue weighted by atomic mass is 32.1. The first-order valence-electron chi connectivity index (χ1n) is 10.2. The van der Waals surface area contributed by atoms with Gasteiger partial charge in [-0.3, -0.25) is 4.79 Å². The van der Waals surface area contributed by atoms with Gasteiger partial charge in [0.15, 0.2) is 0 Å². The molecule has 0 unspecified atom stereocenters. The molecule has 0 bridgehead atoms. The fraction of sp³-hybridized carbons (Fsp3) is 0.478. The van der Waals surface area contributed by atoms with Gasteiger partial charge in [0.25, 0.3) is 5.91 Å². The highest BCUT2D eigenvalue weighted by Gasteiger charge is 2.26. The fourth-order valence-corrected chi connectivity index (χ4v) is 4.89. The second-order valence-electron chi connectivity index (χ2n) is 7.57. The minimum Gasteiger partial charge on any atom is -0.462 e. The van der Waals surface area contributed by atoms with Crippen LogP contribution in [-0.4, -0.2) is 18.5 Å².